The van der Waals surface area contributed by atoms with Crippen molar-refractivity contribution in [2.75, 3.05) is 0 Å². The van der Waals surface area contributed by atoms with Gasteiger partial charge in [0.15, 0.2) is 5.16 Å². The highest BCUT2D eigenvalue weighted by Crippen LogP contribution is 2.32. The smallest absolute Gasteiger partial charge is 0.358 e. The summed E-state index contributed by atoms with van der Waals surface area (Å²) in [5, 5.41) is 38.3. The summed E-state index contributed by atoms with van der Waals surface area (Å²) in [7, 11) is 0. The normalized spacial score (nSPS) is 10.2. The van der Waals surface area contributed by atoms with Crippen LogP contribution in [0, 0.1) is 30.3 Å². The van der Waals surface area contributed by atoms with Gasteiger partial charge >= 0.3 is 5.82 Å². The molecule has 20 heavy (non-hydrogen) atoms. The van der Waals surface area contributed by atoms with E-state index >= 15 is 0 Å². The molecule has 0 bridgehead atoms. The van der Waals surface area contributed by atoms with Crippen LogP contribution in [0.4, 0.5) is 17.2 Å². The van der Waals surface area contributed by atoms with Crippen LogP contribution in [0.25, 0.3) is 11.3 Å². The van der Waals surface area contributed by atoms with Crippen molar-refractivity contribution in [2.45, 2.75) is 0 Å². The van der Waals surface area contributed by atoms with Crippen molar-refractivity contribution in [1.29, 1.82) is 0 Å². The Balaban J connectivity index is 2.67. The zero-order chi connectivity index (χ0) is 14.9. The van der Waals surface area contributed by atoms with Gasteiger partial charge in [-0.2, -0.15) is 0 Å². The third kappa shape index (κ3) is 2.24. The molecule has 1 aromatic heterocycles. The van der Waals surface area contributed by atoms with Crippen molar-refractivity contribution in [3.63, 3.8) is 0 Å². The van der Waals surface area contributed by atoms with Gasteiger partial charge in [-0.05, 0) is 10.1 Å². The zero-order valence-corrected chi connectivity index (χ0v) is 9.33. The molecular formula is C8H3N5O7. The molecule has 0 unspecified atom stereocenters. The molecular weight excluding hydrogens is 278 g/mol. The predicted molar refractivity (Wildman–Crippen MR) is 59.7 cm³/mol. The van der Waals surface area contributed by atoms with Crippen LogP contribution in [0.5, 0.6) is 0 Å². The fourth-order valence-electron chi connectivity index (χ4n) is 1.43. The summed E-state index contributed by atoms with van der Waals surface area (Å²) in [6.07, 6.45) is 0. The summed E-state index contributed by atoms with van der Waals surface area (Å²) in [6, 6.07) is 2.53. The monoisotopic (exact) mass is 281 g/mol. The first-order chi connectivity index (χ1) is 9.40. The molecule has 1 aromatic carbocycles. The van der Waals surface area contributed by atoms with E-state index in [2.05, 4.69) is 14.9 Å². The minimum atomic E-state index is -0.920. The van der Waals surface area contributed by atoms with Gasteiger partial charge in [0.05, 0.1) is 15.9 Å². The van der Waals surface area contributed by atoms with Crippen LogP contribution in [-0.4, -0.2) is 25.1 Å². The molecule has 2 rings (SSSR count). The topological polar surface area (TPSA) is 168 Å². The van der Waals surface area contributed by atoms with Crippen molar-refractivity contribution in [1.82, 2.24) is 10.3 Å². The largest absolute Gasteiger partial charge is 0.442 e. The molecule has 0 aliphatic heterocycles. The first-order valence-electron chi connectivity index (χ1n) is 4.81. The van der Waals surface area contributed by atoms with Crippen LogP contribution in [0.15, 0.2) is 22.8 Å². The molecule has 12 heteroatoms. The van der Waals surface area contributed by atoms with Crippen LogP contribution in [0.2, 0.25) is 0 Å². The number of nitrogens with zero attached hydrogens (tertiary/aromatic N) is 5. The van der Waals surface area contributed by atoms with E-state index in [-0.39, 0.29) is 5.56 Å². The lowest BCUT2D eigenvalue weighted by atomic mass is 10.1. The molecule has 0 atom stereocenters. The van der Waals surface area contributed by atoms with Gasteiger partial charge in [0.25, 0.3) is 11.4 Å². The summed E-state index contributed by atoms with van der Waals surface area (Å²) in [5.41, 5.74) is -1.85. The lowest BCUT2D eigenvalue weighted by Gasteiger charge is -1.97. The van der Waals surface area contributed by atoms with E-state index in [1.165, 1.54) is 0 Å². The number of rotatable bonds is 4. The molecule has 0 N–H and O–H groups in total. The molecule has 12 nitrogen and oxygen atoms in total. The van der Waals surface area contributed by atoms with Gasteiger partial charge in [0, 0.05) is 17.7 Å². The number of nitro benzene ring substituents is 2. The maximum Gasteiger partial charge on any atom is 0.442 e. The van der Waals surface area contributed by atoms with Crippen LogP contribution in [0.1, 0.15) is 0 Å². The standard InChI is InChI=1S/C8H3N5O7/c14-11(15)5-1-4(2-6(3-5)12(16)17)7-8(13(18)19)10-20-9-7/h1-3H. The van der Waals surface area contributed by atoms with E-state index < -0.39 is 37.7 Å². The highest BCUT2D eigenvalue weighted by molar-refractivity contribution is 5.71. The Morgan fingerprint density at radius 1 is 0.850 bits per heavy atom. The first kappa shape index (κ1) is 13.0. The molecule has 0 aliphatic carbocycles. The number of nitro groups is 3. The number of hydrogen-bond acceptors (Lipinski definition) is 9. The van der Waals surface area contributed by atoms with Crippen molar-refractivity contribution in [2.24, 2.45) is 0 Å². The Hall–Kier alpha value is -3.44. The fraction of sp³-hybridized carbons (Fsp3) is 0. The Morgan fingerprint density at radius 2 is 1.40 bits per heavy atom. The summed E-state index contributed by atoms with van der Waals surface area (Å²) in [6.45, 7) is 0. The number of non-ortho nitro benzene ring substituents is 2. The van der Waals surface area contributed by atoms with Crippen molar-refractivity contribution >= 4 is 17.2 Å². The Morgan fingerprint density at radius 3 is 1.85 bits per heavy atom. The first-order valence-corrected chi connectivity index (χ1v) is 4.81. The van der Waals surface area contributed by atoms with Gasteiger partial charge in [0.1, 0.15) is 0 Å². The molecule has 102 valence electrons. The number of hydrogen-bond donors (Lipinski definition) is 0. The average molecular weight is 281 g/mol. The lowest BCUT2D eigenvalue weighted by Crippen LogP contribution is -1.96. The van der Waals surface area contributed by atoms with E-state index in [1.807, 2.05) is 0 Å². The molecule has 0 amide bonds. The van der Waals surface area contributed by atoms with Crippen molar-refractivity contribution in [3.8, 4) is 11.3 Å². The lowest BCUT2D eigenvalue weighted by molar-refractivity contribution is -0.394. The molecule has 0 aliphatic rings. The van der Waals surface area contributed by atoms with Crippen LogP contribution < -0.4 is 0 Å². The minimum Gasteiger partial charge on any atom is -0.358 e. The van der Waals surface area contributed by atoms with Gasteiger partial charge in [0.2, 0.25) is 5.69 Å². The van der Waals surface area contributed by atoms with E-state index in [0.29, 0.717) is 0 Å². The van der Waals surface area contributed by atoms with Gasteiger partial charge in [-0.25, -0.2) is 0 Å². The molecule has 0 fully saturated rings. The highest BCUT2D eigenvalue weighted by atomic mass is 16.6. The van der Waals surface area contributed by atoms with Gasteiger partial charge in [-0.15, -0.1) is 4.63 Å². The second kappa shape index (κ2) is 4.68. The number of aromatic nitrogens is 2. The third-order valence-corrected chi connectivity index (χ3v) is 2.24. The van der Waals surface area contributed by atoms with Crippen LogP contribution in [0.3, 0.4) is 0 Å². The Kier molecular flexibility index (Phi) is 3.04. The van der Waals surface area contributed by atoms with E-state index in [9.17, 15) is 30.3 Å². The molecule has 2 aromatic rings. The summed E-state index contributed by atoms with van der Waals surface area (Å²) in [5.74, 6) is -0.792. The second-order valence-electron chi connectivity index (χ2n) is 3.45. The zero-order valence-electron chi connectivity index (χ0n) is 9.33. The molecule has 0 saturated carbocycles. The maximum absolute atomic E-state index is 10.7. The average Bonchev–Trinajstić information content (AvgIpc) is 2.87. The van der Waals surface area contributed by atoms with E-state index in [1.54, 1.807) is 0 Å². The SMILES string of the molecule is O=[N+]([O-])c1cc(-c2nonc2[N+](=O)[O-])cc([N+](=O)[O-])c1. The van der Waals surface area contributed by atoms with E-state index in [4.69, 9.17) is 0 Å². The summed E-state index contributed by atoms with van der Waals surface area (Å²) < 4.78 is 4.18. The van der Waals surface area contributed by atoms with Gasteiger partial charge in [-0.3, -0.25) is 20.2 Å². The quantitative estimate of drug-likeness (QED) is 0.594. The van der Waals surface area contributed by atoms with Crippen molar-refractivity contribution < 1.29 is 19.4 Å². The molecule has 1 heterocycles. The highest BCUT2D eigenvalue weighted by Gasteiger charge is 2.27. The molecule has 0 spiro atoms. The summed E-state index contributed by atoms with van der Waals surface area (Å²) >= 11 is 0. The molecule has 0 radical (unpaired) electrons. The fourth-order valence-corrected chi connectivity index (χ4v) is 1.43. The predicted octanol–water partition coefficient (Wildman–Crippen LogP) is 1.46. The van der Waals surface area contributed by atoms with E-state index in [0.717, 1.165) is 18.2 Å². The second-order valence-corrected chi connectivity index (χ2v) is 3.45. The minimum absolute atomic E-state index is 0.209. The summed E-state index contributed by atoms with van der Waals surface area (Å²) in [4.78, 5) is 29.4. The number of benzene rings is 1. The van der Waals surface area contributed by atoms with Gasteiger partial charge in [-0.1, -0.05) is 0 Å². The Labute approximate surface area is 108 Å². The maximum atomic E-state index is 10.7. The van der Waals surface area contributed by atoms with Gasteiger partial charge < -0.3 is 10.1 Å². The van der Waals surface area contributed by atoms with Crippen LogP contribution in [-0.2, 0) is 0 Å². The molecule has 0 saturated heterocycles. The Bertz CT molecular complexity index is 692. The van der Waals surface area contributed by atoms with Crippen LogP contribution >= 0.6 is 0 Å². The van der Waals surface area contributed by atoms with Crippen molar-refractivity contribution in [3.05, 3.63) is 48.5 Å². The third-order valence-electron chi connectivity index (χ3n) is 2.24.